The fourth-order valence-electron chi connectivity index (χ4n) is 1.73. The molecule has 1 rings (SSSR count). The van der Waals surface area contributed by atoms with Crippen molar-refractivity contribution in [2.75, 3.05) is 0 Å². The Morgan fingerprint density at radius 1 is 1.75 bits per heavy atom. The van der Waals surface area contributed by atoms with Crippen molar-refractivity contribution in [1.29, 1.82) is 0 Å². The van der Waals surface area contributed by atoms with Gasteiger partial charge in [-0.05, 0) is 20.3 Å². The molecule has 0 aromatic rings. The van der Waals surface area contributed by atoms with Crippen molar-refractivity contribution in [2.24, 2.45) is 5.73 Å². The first-order chi connectivity index (χ1) is 5.44. The standard InChI is InChI=1S/C8H15NO3/c1-5-3-8(9,4-7(10)11)6(2)12-5/h5-6H,3-4,9H2,1-2H3,(H,10,11). The lowest BCUT2D eigenvalue weighted by molar-refractivity contribution is -0.138. The lowest BCUT2D eigenvalue weighted by atomic mass is 9.88. The summed E-state index contributed by atoms with van der Waals surface area (Å²) in [6.45, 7) is 3.74. The van der Waals surface area contributed by atoms with Crippen LogP contribution in [0, 0.1) is 0 Å². The number of aliphatic carboxylic acids is 1. The predicted octanol–water partition coefficient (Wildman–Crippen LogP) is 0.356. The Morgan fingerprint density at radius 3 is 2.67 bits per heavy atom. The largest absolute Gasteiger partial charge is 0.481 e. The molecule has 1 aliphatic rings. The Kier molecular flexibility index (Phi) is 2.39. The van der Waals surface area contributed by atoms with E-state index in [9.17, 15) is 4.79 Å². The summed E-state index contributed by atoms with van der Waals surface area (Å²) >= 11 is 0. The second-order valence-corrected chi connectivity index (χ2v) is 3.60. The van der Waals surface area contributed by atoms with Crippen LogP contribution in [0.5, 0.6) is 0 Å². The summed E-state index contributed by atoms with van der Waals surface area (Å²) < 4.78 is 5.39. The molecule has 3 atom stereocenters. The smallest absolute Gasteiger partial charge is 0.305 e. The maximum absolute atomic E-state index is 10.5. The summed E-state index contributed by atoms with van der Waals surface area (Å²) in [6.07, 6.45) is 0.520. The van der Waals surface area contributed by atoms with E-state index >= 15 is 0 Å². The molecule has 1 heterocycles. The van der Waals surface area contributed by atoms with E-state index < -0.39 is 11.5 Å². The number of carboxylic acid groups (broad SMARTS) is 1. The first-order valence-corrected chi connectivity index (χ1v) is 4.10. The molecule has 0 aliphatic carbocycles. The van der Waals surface area contributed by atoms with Gasteiger partial charge in [0.1, 0.15) is 0 Å². The third-order valence-electron chi connectivity index (χ3n) is 2.39. The zero-order valence-corrected chi connectivity index (χ0v) is 7.41. The number of nitrogens with two attached hydrogens (primary N) is 1. The van der Waals surface area contributed by atoms with Gasteiger partial charge in [-0.25, -0.2) is 0 Å². The fourth-order valence-corrected chi connectivity index (χ4v) is 1.73. The Morgan fingerprint density at radius 2 is 2.33 bits per heavy atom. The minimum absolute atomic E-state index is 0.0154. The first kappa shape index (κ1) is 9.48. The monoisotopic (exact) mass is 173 g/mol. The Hall–Kier alpha value is -0.610. The molecule has 0 spiro atoms. The highest BCUT2D eigenvalue weighted by Crippen LogP contribution is 2.30. The van der Waals surface area contributed by atoms with Gasteiger partial charge in [-0.1, -0.05) is 0 Å². The number of carboxylic acids is 1. The zero-order chi connectivity index (χ0) is 9.35. The van der Waals surface area contributed by atoms with Crippen LogP contribution in [0.3, 0.4) is 0 Å². The van der Waals surface area contributed by atoms with Crippen molar-refractivity contribution in [3.63, 3.8) is 0 Å². The van der Waals surface area contributed by atoms with Crippen molar-refractivity contribution in [3.8, 4) is 0 Å². The van der Waals surface area contributed by atoms with Crippen LogP contribution in [0.15, 0.2) is 0 Å². The Labute approximate surface area is 71.7 Å². The molecule has 1 fully saturated rings. The van der Waals surface area contributed by atoms with Gasteiger partial charge in [0, 0.05) is 0 Å². The van der Waals surface area contributed by atoms with E-state index in [1.54, 1.807) is 0 Å². The molecular weight excluding hydrogens is 158 g/mol. The van der Waals surface area contributed by atoms with Gasteiger partial charge in [-0.3, -0.25) is 4.79 Å². The van der Waals surface area contributed by atoms with Crippen molar-refractivity contribution >= 4 is 5.97 Å². The third kappa shape index (κ3) is 1.76. The van der Waals surface area contributed by atoms with Crippen LogP contribution >= 0.6 is 0 Å². The molecule has 0 radical (unpaired) electrons. The van der Waals surface area contributed by atoms with E-state index in [1.807, 2.05) is 13.8 Å². The van der Waals surface area contributed by atoms with Crippen molar-refractivity contribution in [2.45, 2.75) is 44.4 Å². The molecule has 3 unspecified atom stereocenters. The predicted molar refractivity (Wildman–Crippen MR) is 43.8 cm³/mol. The van der Waals surface area contributed by atoms with E-state index in [1.165, 1.54) is 0 Å². The van der Waals surface area contributed by atoms with Gasteiger partial charge in [0.25, 0.3) is 0 Å². The summed E-state index contributed by atoms with van der Waals surface area (Å²) in [7, 11) is 0. The van der Waals surface area contributed by atoms with Gasteiger partial charge in [-0.2, -0.15) is 0 Å². The number of hydrogen-bond donors (Lipinski definition) is 2. The molecule has 0 aromatic carbocycles. The average molecular weight is 173 g/mol. The third-order valence-corrected chi connectivity index (χ3v) is 2.39. The first-order valence-electron chi connectivity index (χ1n) is 4.10. The molecule has 12 heavy (non-hydrogen) atoms. The number of hydrogen-bond acceptors (Lipinski definition) is 3. The second kappa shape index (κ2) is 3.03. The lowest BCUT2D eigenvalue weighted by Crippen LogP contribution is -2.47. The SMILES string of the molecule is CC1CC(N)(CC(=O)O)C(C)O1. The fraction of sp³-hybridized carbons (Fsp3) is 0.875. The van der Waals surface area contributed by atoms with Crippen LogP contribution in [0.25, 0.3) is 0 Å². The van der Waals surface area contributed by atoms with Crippen molar-refractivity contribution < 1.29 is 14.6 Å². The highest BCUT2D eigenvalue weighted by molar-refractivity contribution is 5.68. The van der Waals surface area contributed by atoms with E-state index in [4.69, 9.17) is 15.6 Å². The minimum Gasteiger partial charge on any atom is -0.481 e. The quantitative estimate of drug-likeness (QED) is 0.632. The maximum Gasteiger partial charge on any atom is 0.305 e. The van der Waals surface area contributed by atoms with Gasteiger partial charge >= 0.3 is 5.97 Å². The van der Waals surface area contributed by atoms with Gasteiger partial charge < -0.3 is 15.6 Å². The van der Waals surface area contributed by atoms with E-state index in [0.717, 1.165) is 0 Å². The van der Waals surface area contributed by atoms with Crippen LogP contribution in [0.2, 0.25) is 0 Å². The molecule has 3 N–H and O–H groups in total. The van der Waals surface area contributed by atoms with Gasteiger partial charge in [0.15, 0.2) is 0 Å². The molecule has 0 bridgehead atoms. The number of carbonyl (C=O) groups is 1. The summed E-state index contributed by atoms with van der Waals surface area (Å²) in [4.78, 5) is 10.5. The van der Waals surface area contributed by atoms with Crippen molar-refractivity contribution in [1.82, 2.24) is 0 Å². The number of rotatable bonds is 2. The molecular formula is C8H15NO3. The highest BCUT2D eigenvalue weighted by atomic mass is 16.5. The Balaban J connectivity index is 2.64. The Bertz CT molecular complexity index is 195. The van der Waals surface area contributed by atoms with Crippen LogP contribution in [-0.2, 0) is 9.53 Å². The molecule has 4 nitrogen and oxygen atoms in total. The lowest BCUT2D eigenvalue weighted by Gasteiger charge is -2.24. The van der Waals surface area contributed by atoms with Gasteiger partial charge in [-0.15, -0.1) is 0 Å². The summed E-state index contributed by atoms with van der Waals surface area (Å²) in [5.74, 6) is -0.859. The topological polar surface area (TPSA) is 72.6 Å². The van der Waals surface area contributed by atoms with Crippen LogP contribution < -0.4 is 5.73 Å². The molecule has 4 heteroatoms. The van der Waals surface area contributed by atoms with E-state index in [0.29, 0.717) is 6.42 Å². The normalized spacial score (nSPS) is 41.6. The summed E-state index contributed by atoms with van der Waals surface area (Å²) in [6, 6.07) is 0. The average Bonchev–Trinajstić information content (AvgIpc) is 2.04. The second-order valence-electron chi connectivity index (χ2n) is 3.60. The molecule has 0 saturated carbocycles. The summed E-state index contributed by atoms with van der Waals surface area (Å²) in [5.41, 5.74) is 5.21. The van der Waals surface area contributed by atoms with Gasteiger partial charge in [0.2, 0.25) is 0 Å². The van der Waals surface area contributed by atoms with Crippen molar-refractivity contribution in [3.05, 3.63) is 0 Å². The van der Waals surface area contributed by atoms with Crippen LogP contribution in [0.1, 0.15) is 26.7 Å². The molecule has 70 valence electrons. The van der Waals surface area contributed by atoms with Crippen LogP contribution in [-0.4, -0.2) is 28.8 Å². The van der Waals surface area contributed by atoms with E-state index in [2.05, 4.69) is 0 Å². The molecule has 1 saturated heterocycles. The molecule has 0 aromatic heterocycles. The summed E-state index contributed by atoms with van der Waals surface area (Å²) in [5, 5.41) is 8.61. The number of ether oxygens (including phenoxy) is 1. The highest BCUT2D eigenvalue weighted by Gasteiger charge is 2.42. The van der Waals surface area contributed by atoms with Crippen LogP contribution in [0.4, 0.5) is 0 Å². The zero-order valence-electron chi connectivity index (χ0n) is 7.41. The van der Waals surface area contributed by atoms with Gasteiger partial charge in [0.05, 0.1) is 24.2 Å². The molecule has 0 amide bonds. The molecule has 1 aliphatic heterocycles. The van der Waals surface area contributed by atoms with E-state index in [-0.39, 0.29) is 18.6 Å². The minimum atomic E-state index is -0.859. The maximum atomic E-state index is 10.5.